The summed E-state index contributed by atoms with van der Waals surface area (Å²) in [5, 5.41) is 15.9. The molecular formula is C34H33ClN2O2. The molecule has 2 atom stereocenters. The lowest BCUT2D eigenvalue weighted by atomic mass is 9.70. The highest BCUT2D eigenvalue weighted by Crippen LogP contribution is 2.49. The minimum absolute atomic E-state index is 0.459. The molecule has 198 valence electrons. The van der Waals surface area contributed by atoms with Crippen molar-refractivity contribution in [2.24, 2.45) is 0 Å². The first-order chi connectivity index (χ1) is 18.9. The van der Waals surface area contributed by atoms with Crippen molar-refractivity contribution in [3.63, 3.8) is 0 Å². The molecule has 1 aromatic heterocycles. The molecule has 0 aliphatic heterocycles. The minimum atomic E-state index is -1.28. The molecule has 0 saturated heterocycles. The van der Waals surface area contributed by atoms with Crippen LogP contribution in [-0.2, 0) is 5.60 Å². The van der Waals surface area contributed by atoms with Crippen LogP contribution in [0.3, 0.4) is 0 Å². The number of nitrogens with zero attached hydrogens (tertiary/aromatic N) is 2. The predicted octanol–water partition coefficient (Wildman–Crippen LogP) is 7.54. The predicted molar refractivity (Wildman–Crippen MR) is 161 cm³/mol. The van der Waals surface area contributed by atoms with Crippen LogP contribution in [0.15, 0.2) is 109 Å². The summed E-state index contributed by atoms with van der Waals surface area (Å²) in [7, 11) is 5.70. The summed E-state index contributed by atoms with van der Waals surface area (Å²) in [6, 6.07) is 34.4. The van der Waals surface area contributed by atoms with E-state index in [0.717, 1.165) is 38.6 Å². The van der Waals surface area contributed by atoms with Gasteiger partial charge in [0.25, 0.3) is 0 Å². The van der Waals surface area contributed by atoms with Gasteiger partial charge in [-0.2, -0.15) is 0 Å². The number of benzene rings is 4. The molecule has 0 unspecified atom stereocenters. The number of aliphatic hydroxyl groups is 1. The molecule has 0 spiro atoms. The fraction of sp³-hybridized carbons (Fsp3) is 0.206. The van der Waals surface area contributed by atoms with Crippen molar-refractivity contribution in [3.8, 4) is 17.0 Å². The minimum Gasteiger partial charge on any atom is -0.481 e. The molecule has 5 aromatic rings. The van der Waals surface area contributed by atoms with Crippen molar-refractivity contribution in [3.05, 3.63) is 131 Å². The van der Waals surface area contributed by atoms with Crippen LogP contribution in [0, 0.1) is 0 Å². The monoisotopic (exact) mass is 536 g/mol. The maximum atomic E-state index is 13.1. The van der Waals surface area contributed by atoms with E-state index in [9.17, 15) is 5.11 Å². The van der Waals surface area contributed by atoms with E-state index in [4.69, 9.17) is 21.3 Å². The van der Waals surface area contributed by atoms with Crippen LogP contribution in [0.2, 0.25) is 5.02 Å². The molecule has 0 radical (unpaired) electrons. The Morgan fingerprint density at radius 3 is 2.28 bits per heavy atom. The van der Waals surface area contributed by atoms with Gasteiger partial charge in [-0.3, -0.25) is 0 Å². The van der Waals surface area contributed by atoms with Crippen LogP contribution >= 0.6 is 11.6 Å². The van der Waals surface area contributed by atoms with Crippen LogP contribution in [0.4, 0.5) is 0 Å². The van der Waals surface area contributed by atoms with Crippen molar-refractivity contribution in [1.82, 2.24) is 9.88 Å². The Morgan fingerprint density at radius 1 is 0.872 bits per heavy atom. The van der Waals surface area contributed by atoms with E-state index < -0.39 is 11.5 Å². The van der Waals surface area contributed by atoms with Gasteiger partial charge < -0.3 is 14.7 Å². The highest BCUT2D eigenvalue weighted by Gasteiger charge is 2.43. The molecule has 1 heterocycles. The van der Waals surface area contributed by atoms with Gasteiger partial charge in [0.15, 0.2) is 0 Å². The number of hydrogen-bond acceptors (Lipinski definition) is 4. The quantitative estimate of drug-likeness (QED) is 0.211. The summed E-state index contributed by atoms with van der Waals surface area (Å²) in [5.41, 5.74) is 3.33. The molecule has 0 saturated carbocycles. The fourth-order valence-electron chi connectivity index (χ4n) is 5.44. The number of halogens is 1. The fourth-order valence-corrected chi connectivity index (χ4v) is 5.56. The molecule has 0 bridgehead atoms. The second-order valence-corrected chi connectivity index (χ2v) is 10.6. The zero-order valence-electron chi connectivity index (χ0n) is 22.5. The van der Waals surface area contributed by atoms with E-state index in [0.29, 0.717) is 23.9 Å². The zero-order chi connectivity index (χ0) is 27.4. The van der Waals surface area contributed by atoms with Gasteiger partial charge in [-0.25, -0.2) is 4.98 Å². The molecular weight excluding hydrogens is 504 g/mol. The number of rotatable bonds is 9. The lowest BCUT2D eigenvalue weighted by Gasteiger charge is -2.39. The van der Waals surface area contributed by atoms with Crippen molar-refractivity contribution in [2.45, 2.75) is 17.9 Å². The lowest BCUT2D eigenvalue weighted by molar-refractivity contribution is 0.00517. The molecule has 39 heavy (non-hydrogen) atoms. The molecule has 4 nitrogen and oxygen atoms in total. The van der Waals surface area contributed by atoms with Crippen LogP contribution in [0.25, 0.3) is 21.9 Å². The summed E-state index contributed by atoms with van der Waals surface area (Å²) in [4.78, 5) is 6.84. The molecule has 4 aromatic carbocycles. The van der Waals surface area contributed by atoms with Gasteiger partial charge in [-0.15, -0.1) is 0 Å². The number of pyridine rings is 1. The topological polar surface area (TPSA) is 45.6 Å². The molecule has 0 aliphatic carbocycles. The maximum Gasteiger partial charge on any atom is 0.217 e. The third-order valence-electron chi connectivity index (χ3n) is 7.37. The summed E-state index contributed by atoms with van der Waals surface area (Å²) in [5.74, 6) is 0.0317. The van der Waals surface area contributed by atoms with Crippen LogP contribution in [0.1, 0.15) is 29.0 Å². The van der Waals surface area contributed by atoms with Crippen molar-refractivity contribution in [2.75, 3.05) is 27.7 Å². The van der Waals surface area contributed by atoms with Crippen molar-refractivity contribution < 1.29 is 9.84 Å². The van der Waals surface area contributed by atoms with E-state index in [1.54, 1.807) is 7.11 Å². The van der Waals surface area contributed by atoms with E-state index in [-0.39, 0.29) is 0 Å². The van der Waals surface area contributed by atoms with Crippen LogP contribution < -0.4 is 4.74 Å². The zero-order valence-corrected chi connectivity index (χ0v) is 23.3. The average molecular weight is 537 g/mol. The molecule has 1 N–H and O–H groups in total. The lowest BCUT2D eigenvalue weighted by Crippen LogP contribution is -2.38. The van der Waals surface area contributed by atoms with E-state index in [1.807, 2.05) is 81.0 Å². The van der Waals surface area contributed by atoms with E-state index in [2.05, 4.69) is 47.4 Å². The van der Waals surface area contributed by atoms with E-state index in [1.165, 1.54) is 0 Å². The Hall–Kier alpha value is -3.70. The number of methoxy groups -OCH3 is 1. The highest BCUT2D eigenvalue weighted by molar-refractivity contribution is 6.30. The standard InChI is InChI=1S/C34H33ClN2O2/c1-37(2)21-20-34(38,31-15-9-13-25-10-7-8-14-29(25)31)32(26-11-5-4-6-12-26)30-22-27(23-36-33(30)39-3)24-16-18-28(35)19-17-24/h4-19,22-23,32,38H,20-21H2,1-3H3/t32-,34-/m0/s1. The Kier molecular flexibility index (Phi) is 7.99. The second-order valence-electron chi connectivity index (χ2n) is 10.2. The first kappa shape index (κ1) is 26.9. The van der Waals surface area contributed by atoms with Gasteiger partial charge in [-0.05, 0) is 66.2 Å². The van der Waals surface area contributed by atoms with Gasteiger partial charge in [0, 0.05) is 34.8 Å². The van der Waals surface area contributed by atoms with Gasteiger partial charge in [0.2, 0.25) is 5.88 Å². The number of ether oxygens (including phenoxy) is 1. The smallest absolute Gasteiger partial charge is 0.217 e. The summed E-state index contributed by atoms with van der Waals surface area (Å²) >= 11 is 6.17. The van der Waals surface area contributed by atoms with Crippen LogP contribution in [-0.4, -0.2) is 42.7 Å². The first-order valence-electron chi connectivity index (χ1n) is 13.1. The number of fused-ring (bicyclic) bond motifs is 1. The summed E-state index contributed by atoms with van der Waals surface area (Å²) in [6.45, 7) is 0.690. The average Bonchev–Trinajstić information content (AvgIpc) is 2.97. The largest absolute Gasteiger partial charge is 0.481 e. The maximum absolute atomic E-state index is 13.1. The number of hydrogen-bond donors (Lipinski definition) is 1. The third kappa shape index (κ3) is 5.55. The normalized spacial score (nSPS) is 13.8. The van der Waals surface area contributed by atoms with Crippen molar-refractivity contribution in [1.29, 1.82) is 0 Å². The highest BCUT2D eigenvalue weighted by atomic mass is 35.5. The molecule has 5 rings (SSSR count). The molecule has 0 amide bonds. The molecule has 0 fully saturated rings. The summed E-state index contributed by atoms with van der Waals surface area (Å²) in [6.07, 6.45) is 2.31. The molecule has 5 heteroatoms. The van der Waals surface area contributed by atoms with Gasteiger partial charge in [-0.1, -0.05) is 96.5 Å². The van der Waals surface area contributed by atoms with Crippen molar-refractivity contribution >= 4 is 22.4 Å². The van der Waals surface area contributed by atoms with Crippen LogP contribution in [0.5, 0.6) is 5.88 Å². The van der Waals surface area contributed by atoms with Gasteiger partial charge in [0.05, 0.1) is 7.11 Å². The molecule has 0 aliphatic rings. The van der Waals surface area contributed by atoms with E-state index >= 15 is 0 Å². The Labute approximate surface area is 235 Å². The number of aromatic nitrogens is 1. The Morgan fingerprint density at radius 2 is 1.56 bits per heavy atom. The SMILES string of the molecule is COc1ncc(-c2ccc(Cl)cc2)cc1[C@H](c1ccccc1)[C@](O)(CCN(C)C)c1cccc2ccccc12. The summed E-state index contributed by atoms with van der Waals surface area (Å²) < 4.78 is 5.85. The third-order valence-corrected chi connectivity index (χ3v) is 7.62. The van der Waals surface area contributed by atoms with Gasteiger partial charge >= 0.3 is 0 Å². The first-order valence-corrected chi connectivity index (χ1v) is 13.5. The second kappa shape index (κ2) is 11.6. The Bertz CT molecular complexity index is 1550. The van der Waals surface area contributed by atoms with Gasteiger partial charge in [0.1, 0.15) is 5.60 Å². The Balaban J connectivity index is 1.80.